The molecular weight excluding hydrogens is 240 g/mol. The van der Waals surface area contributed by atoms with Crippen molar-refractivity contribution in [3.8, 4) is 0 Å². The summed E-state index contributed by atoms with van der Waals surface area (Å²) in [6, 6.07) is -0.498. The van der Waals surface area contributed by atoms with Gasteiger partial charge in [0.15, 0.2) is 0 Å². The zero-order valence-electron chi connectivity index (χ0n) is 12.3. The highest BCUT2D eigenvalue weighted by atomic mass is 16.2. The van der Waals surface area contributed by atoms with Gasteiger partial charge in [-0.3, -0.25) is 9.59 Å². The van der Waals surface area contributed by atoms with Crippen molar-refractivity contribution in [2.45, 2.75) is 65.0 Å². The van der Waals surface area contributed by atoms with Crippen LogP contribution in [0.25, 0.3) is 0 Å². The third-order valence-corrected chi connectivity index (χ3v) is 4.03. The molecule has 19 heavy (non-hydrogen) atoms. The zero-order chi connectivity index (χ0) is 14.0. The first-order chi connectivity index (χ1) is 9.04. The lowest BCUT2D eigenvalue weighted by Gasteiger charge is -2.39. The summed E-state index contributed by atoms with van der Waals surface area (Å²) < 4.78 is 0. The molecule has 1 N–H and O–H groups in total. The second kappa shape index (κ2) is 5.93. The highest BCUT2D eigenvalue weighted by Crippen LogP contribution is 2.37. The molecule has 2 rings (SSSR count). The summed E-state index contributed by atoms with van der Waals surface area (Å²) in [5, 5.41) is 2.95. The van der Waals surface area contributed by atoms with E-state index in [9.17, 15) is 9.59 Å². The predicted octanol–water partition coefficient (Wildman–Crippen LogP) is 1.94. The van der Waals surface area contributed by atoms with Gasteiger partial charge in [-0.25, -0.2) is 0 Å². The summed E-state index contributed by atoms with van der Waals surface area (Å²) in [6.07, 6.45) is 4.95. The minimum Gasteiger partial charge on any atom is -0.342 e. The number of carbonyl (C=O) groups is 2. The van der Waals surface area contributed by atoms with Crippen LogP contribution in [0.4, 0.5) is 0 Å². The van der Waals surface area contributed by atoms with Crippen LogP contribution in [0.3, 0.4) is 0 Å². The van der Waals surface area contributed by atoms with E-state index in [1.807, 2.05) is 4.90 Å². The summed E-state index contributed by atoms with van der Waals surface area (Å²) in [5.74, 6) is 1.03. The van der Waals surface area contributed by atoms with E-state index in [0.717, 1.165) is 38.6 Å². The van der Waals surface area contributed by atoms with E-state index in [4.69, 9.17) is 0 Å². The van der Waals surface area contributed by atoms with Crippen molar-refractivity contribution in [1.82, 2.24) is 10.2 Å². The Kier molecular flexibility index (Phi) is 4.48. The van der Waals surface area contributed by atoms with Gasteiger partial charge in [-0.15, -0.1) is 0 Å². The quantitative estimate of drug-likeness (QED) is 0.798. The van der Waals surface area contributed by atoms with Crippen molar-refractivity contribution < 1.29 is 9.59 Å². The molecule has 4 nitrogen and oxygen atoms in total. The lowest BCUT2D eigenvalue weighted by molar-refractivity contribution is -0.150. The summed E-state index contributed by atoms with van der Waals surface area (Å²) in [7, 11) is 0. The fourth-order valence-electron chi connectivity index (χ4n) is 2.89. The molecule has 2 amide bonds. The topological polar surface area (TPSA) is 49.4 Å². The molecule has 1 saturated carbocycles. The van der Waals surface area contributed by atoms with Gasteiger partial charge in [0, 0.05) is 6.54 Å². The van der Waals surface area contributed by atoms with Crippen molar-refractivity contribution in [2.75, 3.05) is 6.54 Å². The Hall–Kier alpha value is -1.06. The monoisotopic (exact) mass is 266 g/mol. The molecule has 0 radical (unpaired) electrons. The largest absolute Gasteiger partial charge is 0.342 e. The second-order valence-electron chi connectivity index (χ2n) is 6.36. The Balaban J connectivity index is 2.10. The first-order valence-electron chi connectivity index (χ1n) is 7.65. The number of unbranched alkanes of at least 4 members (excludes halogenated alkanes) is 1. The molecule has 4 heteroatoms. The molecule has 2 fully saturated rings. The first-order valence-corrected chi connectivity index (χ1v) is 7.65. The van der Waals surface area contributed by atoms with Crippen LogP contribution in [0.2, 0.25) is 0 Å². The molecule has 0 aromatic carbocycles. The van der Waals surface area contributed by atoms with E-state index in [-0.39, 0.29) is 23.9 Å². The minimum atomic E-state index is -0.306. The minimum absolute atomic E-state index is 0.0730. The predicted molar refractivity (Wildman–Crippen MR) is 74.5 cm³/mol. The Morgan fingerprint density at radius 1 is 1.32 bits per heavy atom. The smallest absolute Gasteiger partial charge is 0.245 e. The Labute approximate surface area is 115 Å². The van der Waals surface area contributed by atoms with Crippen molar-refractivity contribution in [2.24, 2.45) is 11.8 Å². The van der Waals surface area contributed by atoms with E-state index in [2.05, 4.69) is 26.1 Å². The summed E-state index contributed by atoms with van der Waals surface area (Å²) in [6.45, 7) is 7.02. The van der Waals surface area contributed by atoms with Crippen LogP contribution in [-0.2, 0) is 9.59 Å². The number of carbonyl (C=O) groups excluding carboxylic acids is 2. The normalized spacial score (nSPS) is 27.9. The van der Waals surface area contributed by atoms with Crippen LogP contribution >= 0.6 is 0 Å². The molecule has 1 aliphatic heterocycles. The van der Waals surface area contributed by atoms with Gasteiger partial charge in [-0.2, -0.15) is 0 Å². The molecule has 2 unspecified atom stereocenters. The Bertz CT molecular complexity index is 350. The van der Waals surface area contributed by atoms with Gasteiger partial charge < -0.3 is 10.2 Å². The van der Waals surface area contributed by atoms with Crippen molar-refractivity contribution in [3.05, 3.63) is 0 Å². The molecule has 0 bridgehead atoms. The zero-order valence-corrected chi connectivity index (χ0v) is 12.3. The molecule has 2 aliphatic rings. The van der Waals surface area contributed by atoms with E-state index in [1.165, 1.54) is 0 Å². The highest BCUT2D eigenvalue weighted by Gasteiger charge is 2.47. The Morgan fingerprint density at radius 3 is 2.53 bits per heavy atom. The van der Waals surface area contributed by atoms with Crippen LogP contribution < -0.4 is 5.32 Å². The molecule has 1 saturated heterocycles. The molecule has 2 atom stereocenters. The third-order valence-electron chi connectivity index (χ3n) is 4.03. The average molecular weight is 266 g/mol. The number of nitrogens with zero attached hydrogens (tertiary/aromatic N) is 1. The SMILES string of the molecule is CCCCN1C(=O)C(CC(C)C)NC(=O)C1C1CC1. The second-order valence-corrected chi connectivity index (χ2v) is 6.36. The van der Waals surface area contributed by atoms with Gasteiger partial charge in [0.05, 0.1) is 0 Å². The number of hydrogen-bond donors (Lipinski definition) is 1. The number of nitrogens with one attached hydrogen (secondary N) is 1. The number of hydrogen-bond acceptors (Lipinski definition) is 2. The fraction of sp³-hybridized carbons (Fsp3) is 0.867. The van der Waals surface area contributed by atoms with Gasteiger partial charge in [-0.1, -0.05) is 27.2 Å². The van der Waals surface area contributed by atoms with Gasteiger partial charge in [0.1, 0.15) is 12.1 Å². The molecule has 0 aromatic heterocycles. The number of amides is 2. The summed E-state index contributed by atoms with van der Waals surface area (Å²) in [4.78, 5) is 26.7. The van der Waals surface area contributed by atoms with Crippen LogP contribution in [0.1, 0.15) is 52.9 Å². The lowest BCUT2D eigenvalue weighted by atomic mass is 9.96. The molecule has 0 spiro atoms. The molecule has 108 valence electrons. The average Bonchev–Trinajstić information content (AvgIpc) is 3.14. The van der Waals surface area contributed by atoms with E-state index in [1.54, 1.807) is 0 Å². The highest BCUT2D eigenvalue weighted by molar-refractivity contribution is 5.97. The number of rotatable bonds is 6. The first kappa shape index (κ1) is 14.4. The van der Waals surface area contributed by atoms with E-state index in [0.29, 0.717) is 11.8 Å². The van der Waals surface area contributed by atoms with Crippen LogP contribution in [0.5, 0.6) is 0 Å². The van der Waals surface area contributed by atoms with Gasteiger partial charge >= 0.3 is 0 Å². The van der Waals surface area contributed by atoms with Crippen LogP contribution in [-0.4, -0.2) is 35.3 Å². The van der Waals surface area contributed by atoms with E-state index < -0.39 is 0 Å². The maximum Gasteiger partial charge on any atom is 0.245 e. The van der Waals surface area contributed by atoms with Crippen LogP contribution in [0.15, 0.2) is 0 Å². The molecular formula is C15H26N2O2. The maximum atomic E-state index is 12.6. The molecule has 0 aromatic rings. The van der Waals surface area contributed by atoms with Gasteiger partial charge in [0.25, 0.3) is 0 Å². The molecule has 1 heterocycles. The number of piperazine rings is 1. The van der Waals surface area contributed by atoms with Crippen molar-refractivity contribution in [3.63, 3.8) is 0 Å². The maximum absolute atomic E-state index is 12.6. The van der Waals surface area contributed by atoms with Crippen LogP contribution in [0, 0.1) is 11.8 Å². The van der Waals surface area contributed by atoms with Gasteiger partial charge in [-0.05, 0) is 37.5 Å². The fourth-order valence-corrected chi connectivity index (χ4v) is 2.89. The summed E-state index contributed by atoms with van der Waals surface area (Å²) in [5.41, 5.74) is 0. The molecule has 1 aliphatic carbocycles. The Morgan fingerprint density at radius 2 is 2.00 bits per heavy atom. The summed E-state index contributed by atoms with van der Waals surface area (Å²) >= 11 is 0. The standard InChI is InChI=1S/C15H26N2O2/c1-4-5-8-17-13(11-6-7-11)14(18)16-12(15(17)19)9-10(2)3/h10-13H,4-9H2,1-3H3,(H,16,18). The lowest BCUT2D eigenvalue weighted by Crippen LogP contribution is -2.64. The van der Waals surface area contributed by atoms with Crippen molar-refractivity contribution >= 4 is 11.8 Å². The van der Waals surface area contributed by atoms with E-state index >= 15 is 0 Å². The third kappa shape index (κ3) is 3.28. The van der Waals surface area contributed by atoms with Crippen molar-refractivity contribution in [1.29, 1.82) is 0 Å². The van der Waals surface area contributed by atoms with Gasteiger partial charge in [0.2, 0.25) is 11.8 Å².